The molecular formula is C14H18ClN3O2. The number of halogens is 1. The molecule has 0 saturated carbocycles. The van der Waals surface area contributed by atoms with Crippen molar-refractivity contribution in [3.63, 3.8) is 0 Å². The molecule has 0 bridgehead atoms. The number of pyridine rings is 1. The largest absolute Gasteiger partial charge is 0.489 e. The van der Waals surface area contributed by atoms with Gasteiger partial charge in [0.05, 0.1) is 5.69 Å². The molecular weight excluding hydrogens is 278 g/mol. The van der Waals surface area contributed by atoms with Gasteiger partial charge in [-0.15, -0.1) is 12.4 Å². The molecule has 1 aromatic heterocycles. The second kappa shape index (κ2) is 8.24. The van der Waals surface area contributed by atoms with Gasteiger partial charge in [-0.3, -0.25) is 0 Å². The summed E-state index contributed by atoms with van der Waals surface area (Å²) >= 11 is 0. The predicted octanol–water partition coefficient (Wildman–Crippen LogP) is 1.94. The van der Waals surface area contributed by atoms with Gasteiger partial charge in [-0.05, 0) is 24.3 Å². The molecule has 0 fully saturated rings. The van der Waals surface area contributed by atoms with Gasteiger partial charge in [0.2, 0.25) is 0 Å². The maximum atomic E-state index is 9.81. The van der Waals surface area contributed by atoms with E-state index in [1.165, 1.54) is 0 Å². The number of benzene rings is 1. The van der Waals surface area contributed by atoms with E-state index in [0.717, 1.165) is 5.82 Å². The molecule has 0 aliphatic rings. The number of hydrogen-bond acceptors (Lipinski definition) is 5. The van der Waals surface area contributed by atoms with Crippen LogP contribution in [-0.2, 0) is 0 Å². The number of rotatable bonds is 6. The number of aliphatic hydroxyl groups is 1. The number of hydrogen-bond donors (Lipinski definition) is 3. The third-order valence-electron chi connectivity index (χ3n) is 2.53. The second-order valence-electron chi connectivity index (χ2n) is 4.10. The van der Waals surface area contributed by atoms with Crippen LogP contribution in [0.4, 0.5) is 11.5 Å². The van der Waals surface area contributed by atoms with Crippen LogP contribution >= 0.6 is 12.4 Å². The minimum atomic E-state index is -0.637. The number of anilines is 2. The molecule has 1 aromatic carbocycles. The van der Waals surface area contributed by atoms with Crippen molar-refractivity contribution in [2.75, 3.05) is 24.2 Å². The number of para-hydroxylation sites is 2. The molecule has 1 heterocycles. The molecule has 1 atom stereocenters. The Balaban J connectivity index is 0.00000200. The molecule has 0 aliphatic heterocycles. The standard InChI is InChI=1S/C14H17N3O2.ClH/c15-12-5-1-2-6-13(12)19-10-11(18)9-17-14-7-3-4-8-16-14;/h1-8,11,18H,9-10,15H2,(H,16,17);1H. The molecule has 6 heteroatoms. The van der Waals surface area contributed by atoms with Gasteiger partial charge in [-0.2, -0.15) is 0 Å². The van der Waals surface area contributed by atoms with E-state index in [9.17, 15) is 5.11 Å². The average Bonchev–Trinajstić information content (AvgIpc) is 2.45. The van der Waals surface area contributed by atoms with E-state index in [2.05, 4.69) is 10.3 Å². The summed E-state index contributed by atoms with van der Waals surface area (Å²) in [6.45, 7) is 0.539. The summed E-state index contributed by atoms with van der Waals surface area (Å²) in [7, 11) is 0. The number of aromatic nitrogens is 1. The van der Waals surface area contributed by atoms with Crippen molar-refractivity contribution in [1.82, 2.24) is 4.98 Å². The maximum absolute atomic E-state index is 9.81. The SMILES string of the molecule is Cl.Nc1ccccc1OCC(O)CNc1ccccn1. The van der Waals surface area contributed by atoms with Crippen LogP contribution in [0.25, 0.3) is 0 Å². The van der Waals surface area contributed by atoms with Gasteiger partial charge in [0.1, 0.15) is 24.3 Å². The van der Waals surface area contributed by atoms with Crippen LogP contribution in [0.15, 0.2) is 48.7 Å². The zero-order valence-corrected chi connectivity index (χ0v) is 11.7. The van der Waals surface area contributed by atoms with Gasteiger partial charge in [0.15, 0.2) is 0 Å². The Morgan fingerprint density at radius 2 is 1.95 bits per heavy atom. The van der Waals surface area contributed by atoms with Crippen LogP contribution in [-0.4, -0.2) is 29.3 Å². The Morgan fingerprint density at radius 3 is 2.65 bits per heavy atom. The zero-order valence-electron chi connectivity index (χ0n) is 10.9. The number of aliphatic hydroxyl groups excluding tert-OH is 1. The highest BCUT2D eigenvalue weighted by molar-refractivity contribution is 5.85. The van der Waals surface area contributed by atoms with E-state index in [4.69, 9.17) is 10.5 Å². The van der Waals surface area contributed by atoms with Gasteiger partial charge >= 0.3 is 0 Å². The molecule has 4 N–H and O–H groups in total. The highest BCUT2D eigenvalue weighted by Gasteiger charge is 2.06. The first kappa shape index (κ1) is 16.1. The van der Waals surface area contributed by atoms with Crippen molar-refractivity contribution in [2.45, 2.75) is 6.10 Å². The summed E-state index contributed by atoms with van der Waals surface area (Å²) in [6, 6.07) is 12.8. The number of nitrogens with one attached hydrogen (secondary N) is 1. The van der Waals surface area contributed by atoms with Crippen molar-refractivity contribution in [1.29, 1.82) is 0 Å². The first-order chi connectivity index (χ1) is 9.25. The summed E-state index contributed by atoms with van der Waals surface area (Å²) < 4.78 is 5.45. The minimum Gasteiger partial charge on any atom is -0.489 e. The summed E-state index contributed by atoms with van der Waals surface area (Å²) in [5, 5.41) is 12.8. The highest BCUT2D eigenvalue weighted by atomic mass is 35.5. The fourth-order valence-corrected chi connectivity index (χ4v) is 1.55. The molecule has 0 spiro atoms. The lowest BCUT2D eigenvalue weighted by Crippen LogP contribution is -2.26. The maximum Gasteiger partial charge on any atom is 0.142 e. The molecule has 1 unspecified atom stereocenters. The molecule has 5 nitrogen and oxygen atoms in total. The lowest BCUT2D eigenvalue weighted by atomic mass is 10.3. The van der Waals surface area contributed by atoms with E-state index < -0.39 is 6.10 Å². The number of nitrogens with two attached hydrogens (primary N) is 1. The van der Waals surface area contributed by atoms with Crippen molar-refractivity contribution in [2.24, 2.45) is 0 Å². The van der Waals surface area contributed by atoms with E-state index in [-0.39, 0.29) is 19.0 Å². The van der Waals surface area contributed by atoms with Gasteiger partial charge < -0.3 is 20.9 Å². The molecule has 108 valence electrons. The number of nitrogen functional groups attached to an aromatic ring is 1. The van der Waals surface area contributed by atoms with Crippen molar-refractivity contribution in [3.05, 3.63) is 48.7 Å². The second-order valence-corrected chi connectivity index (χ2v) is 4.10. The predicted molar refractivity (Wildman–Crippen MR) is 82.3 cm³/mol. The third-order valence-corrected chi connectivity index (χ3v) is 2.53. The van der Waals surface area contributed by atoms with Crippen LogP contribution < -0.4 is 15.8 Å². The summed E-state index contributed by atoms with van der Waals surface area (Å²) in [5.41, 5.74) is 6.30. The number of ether oxygens (including phenoxy) is 1. The molecule has 0 amide bonds. The zero-order chi connectivity index (χ0) is 13.5. The smallest absolute Gasteiger partial charge is 0.142 e. The third kappa shape index (κ3) is 4.95. The van der Waals surface area contributed by atoms with Crippen LogP contribution in [0.5, 0.6) is 5.75 Å². The first-order valence-electron chi connectivity index (χ1n) is 6.06. The van der Waals surface area contributed by atoms with Gasteiger partial charge in [-0.25, -0.2) is 4.98 Å². The van der Waals surface area contributed by atoms with E-state index in [1.807, 2.05) is 30.3 Å². The molecule has 20 heavy (non-hydrogen) atoms. The molecule has 0 radical (unpaired) electrons. The molecule has 0 aliphatic carbocycles. The average molecular weight is 296 g/mol. The number of nitrogens with zero attached hydrogens (tertiary/aromatic N) is 1. The van der Waals surface area contributed by atoms with Gasteiger partial charge in [-0.1, -0.05) is 18.2 Å². The summed E-state index contributed by atoms with van der Waals surface area (Å²) in [4.78, 5) is 4.10. The van der Waals surface area contributed by atoms with Crippen LogP contribution in [0, 0.1) is 0 Å². The molecule has 2 rings (SSSR count). The Bertz CT molecular complexity index is 511. The topological polar surface area (TPSA) is 80.4 Å². The van der Waals surface area contributed by atoms with Crippen molar-refractivity contribution >= 4 is 23.9 Å². The minimum absolute atomic E-state index is 0. The van der Waals surface area contributed by atoms with Crippen LogP contribution in [0.3, 0.4) is 0 Å². The monoisotopic (exact) mass is 295 g/mol. The highest BCUT2D eigenvalue weighted by Crippen LogP contribution is 2.19. The first-order valence-corrected chi connectivity index (χ1v) is 6.06. The van der Waals surface area contributed by atoms with E-state index in [1.54, 1.807) is 18.3 Å². The van der Waals surface area contributed by atoms with Crippen LogP contribution in [0.1, 0.15) is 0 Å². The van der Waals surface area contributed by atoms with Gasteiger partial charge in [0.25, 0.3) is 0 Å². The van der Waals surface area contributed by atoms with Gasteiger partial charge in [0, 0.05) is 12.7 Å². The Labute approximate surface area is 124 Å². The summed E-state index contributed by atoms with van der Waals surface area (Å²) in [6.07, 6.45) is 1.05. The lowest BCUT2D eigenvalue weighted by Gasteiger charge is -2.14. The Hall–Kier alpha value is -1.98. The Morgan fingerprint density at radius 1 is 1.20 bits per heavy atom. The fourth-order valence-electron chi connectivity index (χ4n) is 1.55. The summed E-state index contributed by atoms with van der Waals surface area (Å²) in [5.74, 6) is 1.31. The quantitative estimate of drug-likeness (QED) is 0.710. The van der Waals surface area contributed by atoms with Crippen molar-refractivity contribution in [3.8, 4) is 5.75 Å². The van der Waals surface area contributed by atoms with E-state index >= 15 is 0 Å². The molecule has 2 aromatic rings. The lowest BCUT2D eigenvalue weighted by molar-refractivity contribution is 0.118. The Kier molecular flexibility index (Phi) is 6.63. The fraction of sp³-hybridized carbons (Fsp3) is 0.214. The van der Waals surface area contributed by atoms with Crippen molar-refractivity contribution < 1.29 is 9.84 Å². The normalized spacial score (nSPS) is 11.2. The van der Waals surface area contributed by atoms with E-state index in [0.29, 0.717) is 18.0 Å². The molecule has 0 saturated heterocycles. The van der Waals surface area contributed by atoms with Crippen LogP contribution in [0.2, 0.25) is 0 Å².